The van der Waals surface area contributed by atoms with Crippen molar-refractivity contribution in [1.82, 2.24) is 10.2 Å². The molecule has 0 spiro atoms. The number of aryl methyl sites for hydroxylation is 2. The number of alkyl halides is 3. The fourth-order valence-electron chi connectivity index (χ4n) is 2.78. The number of H-pyrrole nitrogens is 1. The van der Waals surface area contributed by atoms with E-state index in [2.05, 4.69) is 10.2 Å². The molecule has 0 radical (unpaired) electrons. The first-order chi connectivity index (χ1) is 12.3. The van der Waals surface area contributed by atoms with Crippen LogP contribution in [0.2, 0.25) is 0 Å². The Bertz CT molecular complexity index is 1040. The maximum absolute atomic E-state index is 12.7. The lowest BCUT2D eigenvalue weighted by atomic mass is 9.99. The second-order valence-corrected chi connectivity index (χ2v) is 6.02. The van der Waals surface area contributed by atoms with Crippen molar-refractivity contribution in [2.45, 2.75) is 25.9 Å². The van der Waals surface area contributed by atoms with Crippen LogP contribution in [-0.2, 0) is 12.6 Å². The molecule has 0 unspecified atom stereocenters. The minimum absolute atomic E-state index is 0.0719. The molecule has 0 amide bonds. The molecule has 3 rings (SSSR count). The Hall–Kier alpha value is -2.96. The number of carbonyl (C=O) groups excluding carboxylic acids is 1. The molecule has 0 aliphatic heterocycles. The lowest BCUT2D eigenvalue weighted by Crippen LogP contribution is -2.10. The van der Waals surface area contributed by atoms with Crippen molar-refractivity contribution in [2.24, 2.45) is 0 Å². The Morgan fingerprint density at radius 1 is 1.12 bits per heavy atom. The van der Waals surface area contributed by atoms with Crippen molar-refractivity contribution in [2.75, 3.05) is 0 Å². The van der Waals surface area contributed by atoms with Crippen LogP contribution in [0.1, 0.15) is 33.6 Å². The van der Waals surface area contributed by atoms with E-state index in [1.165, 1.54) is 6.07 Å². The first kappa shape index (κ1) is 17.8. The van der Waals surface area contributed by atoms with Crippen LogP contribution in [0.4, 0.5) is 13.2 Å². The molecule has 1 N–H and O–H groups in total. The summed E-state index contributed by atoms with van der Waals surface area (Å²) in [6.45, 7) is 1.72. The van der Waals surface area contributed by atoms with E-state index in [-0.39, 0.29) is 24.2 Å². The highest BCUT2D eigenvalue weighted by molar-refractivity contribution is 6.00. The van der Waals surface area contributed by atoms with Gasteiger partial charge in [-0.15, -0.1) is 0 Å². The number of aromatic amines is 1. The predicted octanol–water partition coefficient (Wildman–Crippen LogP) is 4.07. The van der Waals surface area contributed by atoms with E-state index in [9.17, 15) is 22.8 Å². The number of fused-ring (bicyclic) bond motifs is 1. The van der Waals surface area contributed by atoms with Crippen molar-refractivity contribution >= 4 is 16.6 Å². The Kier molecular flexibility index (Phi) is 4.63. The number of nitrogens with one attached hydrogen (secondary N) is 1. The molecule has 26 heavy (non-hydrogen) atoms. The van der Waals surface area contributed by atoms with Gasteiger partial charge in [0.1, 0.15) is 0 Å². The van der Waals surface area contributed by atoms with Crippen LogP contribution in [0.5, 0.6) is 0 Å². The Morgan fingerprint density at radius 3 is 2.62 bits per heavy atom. The topological polar surface area (TPSA) is 62.8 Å². The zero-order valence-corrected chi connectivity index (χ0v) is 13.9. The molecule has 0 saturated carbocycles. The quantitative estimate of drug-likeness (QED) is 0.714. The van der Waals surface area contributed by atoms with Gasteiger partial charge in [-0.2, -0.15) is 18.3 Å². The fourth-order valence-corrected chi connectivity index (χ4v) is 2.78. The maximum Gasteiger partial charge on any atom is 0.416 e. The molecule has 0 saturated heterocycles. The van der Waals surface area contributed by atoms with Gasteiger partial charge in [-0.25, -0.2) is 5.10 Å². The number of carbonyl (C=O) groups is 1. The standard InChI is InChI=1S/C19H15F3N2O2/c1-11-16-10-13(6-7-15(16)18(26)24-23-11)17(25)8-5-12-3-2-4-14(9-12)19(20,21)22/h2-4,6-7,9-10H,5,8H2,1H3,(H,24,26). The highest BCUT2D eigenvalue weighted by Crippen LogP contribution is 2.29. The first-order valence-electron chi connectivity index (χ1n) is 7.94. The number of benzene rings is 2. The fraction of sp³-hybridized carbons (Fsp3) is 0.211. The van der Waals surface area contributed by atoms with Gasteiger partial charge in [0.25, 0.3) is 5.56 Å². The van der Waals surface area contributed by atoms with Gasteiger partial charge < -0.3 is 0 Å². The molecule has 1 aromatic heterocycles. The maximum atomic E-state index is 12.7. The summed E-state index contributed by atoms with van der Waals surface area (Å²) in [7, 11) is 0. The number of hydrogen-bond acceptors (Lipinski definition) is 3. The van der Waals surface area contributed by atoms with Crippen molar-refractivity contribution in [3.05, 3.63) is 75.2 Å². The molecule has 0 fully saturated rings. The highest BCUT2D eigenvalue weighted by Gasteiger charge is 2.30. The molecule has 134 valence electrons. The van der Waals surface area contributed by atoms with E-state index < -0.39 is 11.7 Å². The average Bonchev–Trinajstić information content (AvgIpc) is 2.62. The SMILES string of the molecule is Cc1n[nH]c(=O)c2ccc(C(=O)CCc3cccc(C(F)(F)F)c3)cc12. The van der Waals surface area contributed by atoms with Crippen molar-refractivity contribution < 1.29 is 18.0 Å². The third-order valence-corrected chi connectivity index (χ3v) is 4.20. The van der Waals surface area contributed by atoms with Gasteiger partial charge in [0.2, 0.25) is 0 Å². The number of Topliss-reactive ketones (excluding diaryl/α,β-unsaturated/α-hetero) is 1. The van der Waals surface area contributed by atoms with E-state index >= 15 is 0 Å². The second-order valence-electron chi connectivity index (χ2n) is 6.02. The smallest absolute Gasteiger partial charge is 0.294 e. The van der Waals surface area contributed by atoms with E-state index in [1.807, 2.05) is 0 Å². The summed E-state index contributed by atoms with van der Waals surface area (Å²) in [4.78, 5) is 24.2. The molecule has 3 aromatic rings. The normalized spacial score (nSPS) is 11.7. The Labute approximate surface area is 146 Å². The van der Waals surface area contributed by atoms with E-state index in [1.54, 1.807) is 31.2 Å². The number of rotatable bonds is 4. The zero-order chi connectivity index (χ0) is 18.9. The van der Waals surface area contributed by atoms with Gasteiger partial charge in [0.05, 0.1) is 16.6 Å². The van der Waals surface area contributed by atoms with Crippen LogP contribution >= 0.6 is 0 Å². The number of nitrogens with zero attached hydrogens (tertiary/aromatic N) is 1. The van der Waals surface area contributed by atoms with Crippen LogP contribution in [0.3, 0.4) is 0 Å². The summed E-state index contributed by atoms with van der Waals surface area (Å²) in [5.41, 5.74) is 0.373. The van der Waals surface area contributed by atoms with Crippen LogP contribution in [0.15, 0.2) is 47.3 Å². The van der Waals surface area contributed by atoms with Gasteiger partial charge in [-0.05, 0) is 37.1 Å². The van der Waals surface area contributed by atoms with Crippen LogP contribution in [0, 0.1) is 6.92 Å². The monoisotopic (exact) mass is 360 g/mol. The van der Waals surface area contributed by atoms with Gasteiger partial charge in [0, 0.05) is 17.4 Å². The van der Waals surface area contributed by atoms with Crippen LogP contribution < -0.4 is 5.56 Å². The molecule has 0 aliphatic rings. The zero-order valence-electron chi connectivity index (χ0n) is 13.9. The second kappa shape index (κ2) is 6.74. The minimum atomic E-state index is -4.41. The Morgan fingerprint density at radius 2 is 1.88 bits per heavy atom. The van der Waals surface area contributed by atoms with Crippen molar-refractivity contribution in [3.8, 4) is 0 Å². The average molecular weight is 360 g/mol. The molecule has 0 atom stereocenters. The molecular weight excluding hydrogens is 345 g/mol. The van der Waals surface area contributed by atoms with Gasteiger partial charge >= 0.3 is 6.18 Å². The molecule has 0 aliphatic carbocycles. The molecule has 4 nitrogen and oxygen atoms in total. The summed E-state index contributed by atoms with van der Waals surface area (Å²) in [5.74, 6) is -0.205. The van der Waals surface area contributed by atoms with E-state index in [4.69, 9.17) is 0 Å². The summed E-state index contributed by atoms with van der Waals surface area (Å²) >= 11 is 0. The van der Waals surface area contributed by atoms with Gasteiger partial charge in [-0.1, -0.05) is 24.3 Å². The van der Waals surface area contributed by atoms with Gasteiger partial charge in [-0.3, -0.25) is 9.59 Å². The highest BCUT2D eigenvalue weighted by atomic mass is 19.4. The third kappa shape index (κ3) is 3.66. The molecule has 0 bridgehead atoms. The lowest BCUT2D eigenvalue weighted by molar-refractivity contribution is -0.137. The summed E-state index contributed by atoms with van der Waals surface area (Å²) < 4.78 is 38.2. The van der Waals surface area contributed by atoms with E-state index in [0.717, 1.165) is 12.1 Å². The summed E-state index contributed by atoms with van der Waals surface area (Å²) in [6.07, 6.45) is -4.13. The number of aromatic nitrogens is 2. The van der Waals surface area contributed by atoms with Crippen LogP contribution in [-0.4, -0.2) is 16.0 Å². The minimum Gasteiger partial charge on any atom is -0.294 e. The molecular formula is C19H15F3N2O2. The van der Waals surface area contributed by atoms with Crippen molar-refractivity contribution in [1.29, 1.82) is 0 Å². The van der Waals surface area contributed by atoms with E-state index in [0.29, 0.717) is 27.6 Å². The number of hydrogen-bond donors (Lipinski definition) is 1. The third-order valence-electron chi connectivity index (χ3n) is 4.20. The molecule has 7 heteroatoms. The largest absolute Gasteiger partial charge is 0.416 e. The van der Waals surface area contributed by atoms with Crippen molar-refractivity contribution in [3.63, 3.8) is 0 Å². The molecule has 1 heterocycles. The van der Waals surface area contributed by atoms with Crippen LogP contribution in [0.25, 0.3) is 10.8 Å². The predicted molar refractivity (Wildman–Crippen MR) is 91.2 cm³/mol. The molecule has 2 aromatic carbocycles. The summed E-state index contributed by atoms with van der Waals surface area (Å²) in [6, 6.07) is 9.66. The first-order valence-corrected chi connectivity index (χ1v) is 7.94. The lowest BCUT2D eigenvalue weighted by Gasteiger charge is -2.09. The summed E-state index contributed by atoms with van der Waals surface area (Å²) in [5, 5.41) is 7.27. The van der Waals surface area contributed by atoms with Gasteiger partial charge in [0.15, 0.2) is 5.78 Å². The number of ketones is 1. The number of halogens is 3. The Balaban J connectivity index is 1.80.